The maximum atomic E-state index is 5.43. The van der Waals surface area contributed by atoms with Crippen LogP contribution in [0.25, 0.3) is 11.3 Å². The van der Waals surface area contributed by atoms with Crippen LogP contribution in [0.3, 0.4) is 0 Å². The van der Waals surface area contributed by atoms with Crippen molar-refractivity contribution in [2.75, 3.05) is 18.5 Å². The van der Waals surface area contributed by atoms with E-state index in [1.807, 2.05) is 5.38 Å². The molecule has 1 saturated heterocycles. The van der Waals surface area contributed by atoms with Crippen LogP contribution < -0.4 is 5.32 Å². The minimum Gasteiger partial charge on any atom is -0.382 e. The van der Waals surface area contributed by atoms with Gasteiger partial charge in [-0.2, -0.15) is 0 Å². The summed E-state index contributed by atoms with van der Waals surface area (Å²) in [5.74, 6) is 0.613. The van der Waals surface area contributed by atoms with Gasteiger partial charge >= 0.3 is 0 Å². The number of benzene rings is 1. The van der Waals surface area contributed by atoms with Crippen molar-refractivity contribution in [3.05, 3.63) is 29.6 Å². The summed E-state index contributed by atoms with van der Waals surface area (Å²) in [5, 5.41) is 9.57. The molecule has 1 aliphatic rings. The van der Waals surface area contributed by atoms with Gasteiger partial charge in [-0.15, -0.1) is 5.10 Å². The molecule has 0 saturated carbocycles. The Balaban J connectivity index is 1.65. The zero-order valence-corrected chi connectivity index (χ0v) is 11.7. The molecule has 0 bridgehead atoms. The van der Waals surface area contributed by atoms with Crippen LogP contribution in [0, 0.1) is 5.92 Å². The number of rotatable bonds is 4. The number of ether oxygens (including phenoxy) is 1. The number of aromatic nitrogens is 2. The molecule has 1 fully saturated rings. The van der Waals surface area contributed by atoms with E-state index in [-0.39, 0.29) is 0 Å². The zero-order valence-electron chi connectivity index (χ0n) is 10.9. The van der Waals surface area contributed by atoms with Crippen LogP contribution in [0.1, 0.15) is 13.3 Å². The molecule has 2 heterocycles. The first-order chi connectivity index (χ1) is 9.33. The molecule has 2 atom stereocenters. The predicted molar refractivity (Wildman–Crippen MR) is 77.4 cm³/mol. The van der Waals surface area contributed by atoms with Crippen molar-refractivity contribution < 1.29 is 4.74 Å². The van der Waals surface area contributed by atoms with Gasteiger partial charge in [-0.05, 0) is 37.0 Å². The lowest BCUT2D eigenvalue weighted by atomic mass is 10.0. The standard InChI is InChI=1S/C14H17N3OS/c1-10(12-6-7-18-8-12)15-13-4-2-11(3-5-13)14-9-19-17-16-14/h2-5,9-10,12,15H,6-8H2,1H3. The summed E-state index contributed by atoms with van der Waals surface area (Å²) in [7, 11) is 0. The van der Waals surface area contributed by atoms with Crippen molar-refractivity contribution in [3.63, 3.8) is 0 Å². The number of nitrogens with one attached hydrogen (secondary N) is 1. The van der Waals surface area contributed by atoms with E-state index in [4.69, 9.17) is 4.74 Å². The van der Waals surface area contributed by atoms with Crippen LogP contribution in [-0.4, -0.2) is 28.8 Å². The van der Waals surface area contributed by atoms with Gasteiger partial charge in [0, 0.05) is 35.2 Å². The molecule has 3 rings (SSSR count). The lowest BCUT2D eigenvalue weighted by Crippen LogP contribution is -2.25. The molecule has 4 nitrogen and oxygen atoms in total. The maximum absolute atomic E-state index is 5.43. The van der Waals surface area contributed by atoms with E-state index in [0.717, 1.165) is 36.6 Å². The van der Waals surface area contributed by atoms with Crippen LogP contribution in [-0.2, 0) is 4.74 Å². The van der Waals surface area contributed by atoms with Crippen molar-refractivity contribution in [1.82, 2.24) is 9.59 Å². The first kappa shape index (κ1) is 12.6. The second-order valence-electron chi connectivity index (χ2n) is 4.92. The molecule has 1 aromatic heterocycles. The van der Waals surface area contributed by atoms with Gasteiger partial charge in [0.15, 0.2) is 0 Å². The minimum absolute atomic E-state index is 0.439. The SMILES string of the molecule is CC(Nc1ccc(-c2csnn2)cc1)C1CCOC1. The Kier molecular flexibility index (Phi) is 3.75. The fourth-order valence-electron chi connectivity index (χ4n) is 2.36. The second-order valence-corrected chi connectivity index (χ2v) is 5.53. The van der Waals surface area contributed by atoms with Crippen molar-refractivity contribution in [2.24, 2.45) is 5.92 Å². The van der Waals surface area contributed by atoms with E-state index >= 15 is 0 Å². The van der Waals surface area contributed by atoms with E-state index in [1.165, 1.54) is 11.5 Å². The van der Waals surface area contributed by atoms with Crippen LogP contribution >= 0.6 is 11.5 Å². The van der Waals surface area contributed by atoms with Gasteiger partial charge in [-0.1, -0.05) is 16.6 Å². The maximum Gasteiger partial charge on any atom is 0.105 e. The lowest BCUT2D eigenvalue weighted by molar-refractivity contribution is 0.183. The number of hydrogen-bond acceptors (Lipinski definition) is 5. The molecule has 0 spiro atoms. The highest BCUT2D eigenvalue weighted by atomic mass is 32.1. The van der Waals surface area contributed by atoms with E-state index in [1.54, 1.807) is 0 Å². The van der Waals surface area contributed by atoms with Gasteiger partial charge in [-0.25, -0.2) is 0 Å². The molecule has 1 aromatic carbocycles. The average Bonchev–Trinajstić information content (AvgIpc) is 3.13. The first-order valence-electron chi connectivity index (χ1n) is 6.55. The lowest BCUT2D eigenvalue weighted by Gasteiger charge is -2.20. The molecule has 19 heavy (non-hydrogen) atoms. The first-order valence-corrected chi connectivity index (χ1v) is 7.38. The molecule has 100 valence electrons. The summed E-state index contributed by atoms with van der Waals surface area (Å²) in [6.07, 6.45) is 1.15. The molecule has 5 heteroatoms. The third kappa shape index (κ3) is 2.93. The Morgan fingerprint density at radius 1 is 1.37 bits per heavy atom. The Labute approximate surface area is 117 Å². The molecular weight excluding hydrogens is 258 g/mol. The van der Waals surface area contributed by atoms with Gasteiger partial charge < -0.3 is 10.1 Å². The van der Waals surface area contributed by atoms with Crippen molar-refractivity contribution in [1.29, 1.82) is 0 Å². The zero-order chi connectivity index (χ0) is 13.1. The fourth-order valence-corrected chi connectivity index (χ4v) is 2.82. The quantitative estimate of drug-likeness (QED) is 0.931. The van der Waals surface area contributed by atoms with Gasteiger partial charge in [0.05, 0.1) is 6.61 Å². The Hall–Kier alpha value is -1.46. The Morgan fingerprint density at radius 2 is 2.21 bits per heavy atom. The van der Waals surface area contributed by atoms with Crippen molar-refractivity contribution in [3.8, 4) is 11.3 Å². The second kappa shape index (κ2) is 5.67. The highest BCUT2D eigenvalue weighted by Gasteiger charge is 2.21. The molecule has 2 unspecified atom stereocenters. The molecule has 1 aliphatic heterocycles. The van der Waals surface area contributed by atoms with E-state index in [9.17, 15) is 0 Å². The van der Waals surface area contributed by atoms with Gasteiger partial charge in [0.2, 0.25) is 0 Å². The predicted octanol–water partition coefficient (Wildman–Crippen LogP) is 3.04. The Morgan fingerprint density at radius 3 is 2.84 bits per heavy atom. The van der Waals surface area contributed by atoms with Gasteiger partial charge in [0.25, 0.3) is 0 Å². The van der Waals surface area contributed by atoms with Crippen LogP contribution in [0.2, 0.25) is 0 Å². The van der Waals surface area contributed by atoms with Crippen LogP contribution in [0.5, 0.6) is 0 Å². The highest BCUT2D eigenvalue weighted by molar-refractivity contribution is 7.03. The number of hydrogen-bond donors (Lipinski definition) is 1. The topological polar surface area (TPSA) is 47.0 Å². The third-order valence-corrected chi connectivity index (χ3v) is 4.11. The molecule has 2 aromatic rings. The summed E-state index contributed by atoms with van der Waals surface area (Å²) in [4.78, 5) is 0. The number of nitrogens with zero attached hydrogens (tertiary/aromatic N) is 2. The largest absolute Gasteiger partial charge is 0.382 e. The smallest absolute Gasteiger partial charge is 0.105 e. The fraction of sp³-hybridized carbons (Fsp3) is 0.429. The van der Waals surface area contributed by atoms with Gasteiger partial charge in [0.1, 0.15) is 5.69 Å². The minimum atomic E-state index is 0.439. The summed E-state index contributed by atoms with van der Waals surface area (Å²) in [6.45, 7) is 3.99. The van der Waals surface area contributed by atoms with Crippen molar-refractivity contribution in [2.45, 2.75) is 19.4 Å². The van der Waals surface area contributed by atoms with E-state index < -0.39 is 0 Å². The molecule has 1 N–H and O–H groups in total. The molecular formula is C14H17N3OS. The Bertz CT molecular complexity index is 506. The molecule has 0 aliphatic carbocycles. The summed E-state index contributed by atoms with van der Waals surface area (Å²) < 4.78 is 9.31. The summed E-state index contributed by atoms with van der Waals surface area (Å²) >= 11 is 1.38. The summed E-state index contributed by atoms with van der Waals surface area (Å²) in [5.41, 5.74) is 3.19. The average molecular weight is 275 g/mol. The summed E-state index contributed by atoms with van der Waals surface area (Å²) in [6, 6.07) is 8.80. The highest BCUT2D eigenvalue weighted by Crippen LogP contribution is 2.23. The van der Waals surface area contributed by atoms with Gasteiger partial charge in [-0.3, -0.25) is 0 Å². The van der Waals surface area contributed by atoms with Crippen LogP contribution in [0.4, 0.5) is 5.69 Å². The van der Waals surface area contributed by atoms with Crippen LogP contribution in [0.15, 0.2) is 29.6 Å². The monoisotopic (exact) mass is 275 g/mol. The van der Waals surface area contributed by atoms with Crippen molar-refractivity contribution >= 4 is 17.2 Å². The normalized spacial score (nSPS) is 20.4. The van der Waals surface area contributed by atoms with E-state index in [2.05, 4.69) is 46.1 Å². The molecule has 0 amide bonds. The van der Waals surface area contributed by atoms with E-state index in [0.29, 0.717) is 12.0 Å². The third-order valence-electron chi connectivity index (χ3n) is 3.61. The number of anilines is 1. The molecule has 0 radical (unpaired) electrons.